The molecule has 18 heavy (non-hydrogen) atoms. The molecule has 1 rings (SSSR count). The van der Waals surface area contributed by atoms with Gasteiger partial charge in [-0.1, -0.05) is 26.2 Å². The molecule has 6 heteroatoms. The molecule has 1 heterocycles. The van der Waals surface area contributed by atoms with E-state index in [4.69, 9.17) is 9.84 Å². The lowest BCUT2D eigenvalue weighted by molar-refractivity contribution is -0.244. The second-order valence-electron chi connectivity index (χ2n) is 4.97. The molecule has 108 valence electrons. The van der Waals surface area contributed by atoms with Crippen molar-refractivity contribution in [1.82, 2.24) is 0 Å². The molecule has 0 amide bonds. The Kier molecular flexibility index (Phi) is 5.97. The Morgan fingerprint density at radius 3 is 2.44 bits per heavy atom. The lowest BCUT2D eigenvalue weighted by Gasteiger charge is -2.28. The first-order chi connectivity index (χ1) is 8.44. The van der Waals surface area contributed by atoms with Gasteiger partial charge in [-0.25, -0.2) is 0 Å². The van der Waals surface area contributed by atoms with E-state index in [1.54, 1.807) is 0 Å². The molecule has 0 aromatic carbocycles. The maximum atomic E-state index is 10.1. The van der Waals surface area contributed by atoms with Crippen molar-refractivity contribution in [2.24, 2.45) is 0 Å². The van der Waals surface area contributed by atoms with Crippen LogP contribution in [0.25, 0.3) is 0 Å². The highest BCUT2D eigenvalue weighted by Gasteiger charge is 2.53. The standard InChI is InChI=1S/C12H24O6/c1-2-3-4-5-8(14)6-12(17)11(16)10(15)9(7-13)18-12/h8-11,13-17H,2-7H2,1H3/t8?,9-,10+,11-,12+/m1/s1. The maximum Gasteiger partial charge on any atom is 0.197 e. The van der Waals surface area contributed by atoms with Gasteiger partial charge < -0.3 is 30.3 Å². The smallest absolute Gasteiger partial charge is 0.197 e. The molecular formula is C12H24O6. The zero-order chi connectivity index (χ0) is 13.8. The quantitative estimate of drug-likeness (QED) is 0.382. The van der Waals surface area contributed by atoms with Gasteiger partial charge in [-0.05, 0) is 6.42 Å². The fourth-order valence-electron chi connectivity index (χ4n) is 2.26. The Morgan fingerprint density at radius 2 is 1.94 bits per heavy atom. The van der Waals surface area contributed by atoms with E-state index in [-0.39, 0.29) is 6.42 Å². The van der Waals surface area contributed by atoms with Crippen LogP contribution in [0.1, 0.15) is 39.0 Å². The van der Waals surface area contributed by atoms with Crippen molar-refractivity contribution in [2.75, 3.05) is 6.61 Å². The molecule has 0 aliphatic carbocycles. The second-order valence-corrected chi connectivity index (χ2v) is 4.97. The van der Waals surface area contributed by atoms with Crippen molar-refractivity contribution < 1.29 is 30.3 Å². The van der Waals surface area contributed by atoms with Gasteiger partial charge in [-0.15, -0.1) is 0 Å². The molecule has 1 aliphatic heterocycles. The number of aliphatic hydroxyl groups excluding tert-OH is 4. The summed E-state index contributed by atoms with van der Waals surface area (Å²) in [4.78, 5) is 0. The summed E-state index contributed by atoms with van der Waals surface area (Å²) in [5.74, 6) is -1.99. The van der Waals surface area contributed by atoms with Crippen LogP contribution in [0.15, 0.2) is 0 Å². The molecule has 0 aromatic rings. The third-order valence-electron chi connectivity index (χ3n) is 3.37. The molecule has 1 saturated heterocycles. The lowest BCUT2D eigenvalue weighted by atomic mass is 9.97. The van der Waals surface area contributed by atoms with Crippen LogP contribution in [0.5, 0.6) is 0 Å². The van der Waals surface area contributed by atoms with Gasteiger partial charge in [0.1, 0.15) is 18.3 Å². The van der Waals surface area contributed by atoms with Crippen molar-refractivity contribution in [3.8, 4) is 0 Å². The fourth-order valence-corrected chi connectivity index (χ4v) is 2.26. The first-order valence-corrected chi connectivity index (χ1v) is 6.50. The summed E-state index contributed by atoms with van der Waals surface area (Å²) in [6.07, 6.45) is -1.51. The average Bonchev–Trinajstić information content (AvgIpc) is 2.54. The van der Waals surface area contributed by atoms with E-state index in [1.807, 2.05) is 6.92 Å². The van der Waals surface area contributed by atoms with Crippen molar-refractivity contribution in [1.29, 1.82) is 0 Å². The van der Waals surface area contributed by atoms with Gasteiger partial charge in [0.15, 0.2) is 5.79 Å². The molecule has 6 nitrogen and oxygen atoms in total. The van der Waals surface area contributed by atoms with Crippen LogP contribution >= 0.6 is 0 Å². The number of ether oxygens (including phenoxy) is 1. The molecule has 5 N–H and O–H groups in total. The maximum absolute atomic E-state index is 10.1. The molecule has 0 aromatic heterocycles. The normalized spacial score (nSPS) is 38.0. The van der Waals surface area contributed by atoms with E-state index in [2.05, 4.69) is 0 Å². The van der Waals surface area contributed by atoms with Gasteiger partial charge in [0.2, 0.25) is 0 Å². The van der Waals surface area contributed by atoms with Crippen LogP contribution in [0.2, 0.25) is 0 Å². The van der Waals surface area contributed by atoms with E-state index in [1.165, 1.54) is 0 Å². The van der Waals surface area contributed by atoms with Crippen LogP contribution < -0.4 is 0 Å². The van der Waals surface area contributed by atoms with Gasteiger partial charge in [0.05, 0.1) is 12.7 Å². The van der Waals surface area contributed by atoms with Gasteiger partial charge in [0.25, 0.3) is 0 Å². The van der Waals surface area contributed by atoms with Crippen molar-refractivity contribution >= 4 is 0 Å². The number of aliphatic hydroxyl groups is 5. The van der Waals surface area contributed by atoms with Crippen molar-refractivity contribution in [2.45, 2.75) is 69.2 Å². The molecule has 0 bridgehead atoms. The molecule has 0 saturated carbocycles. The Bertz CT molecular complexity index is 249. The zero-order valence-corrected chi connectivity index (χ0v) is 10.7. The summed E-state index contributed by atoms with van der Waals surface area (Å²) in [7, 11) is 0. The summed E-state index contributed by atoms with van der Waals surface area (Å²) in [6.45, 7) is 1.55. The molecule has 1 aliphatic rings. The molecule has 0 radical (unpaired) electrons. The minimum Gasteiger partial charge on any atom is -0.394 e. The number of unbranched alkanes of at least 4 members (excludes halogenated alkanes) is 2. The number of rotatable bonds is 7. The van der Waals surface area contributed by atoms with Crippen LogP contribution in [-0.4, -0.2) is 62.3 Å². The minimum absolute atomic E-state index is 0.175. The van der Waals surface area contributed by atoms with Crippen LogP contribution in [-0.2, 0) is 4.74 Å². The first kappa shape index (κ1) is 15.8. The first-order valence-electron chi connectivity index (χ1n) is 6.50. The van der Waals surface area contributed by atoms with E-state index < -0.39 is 36.8 Å². The van der Waals surface area contributed by atoms with Crippen molar-refractivity contribution in [3.63, 3.8) is 0 Å². The minimum atomic E-state index is -1.99. The van der Waals surface area contributed by atoms with Crippen molar-refractivity contribution in [3.05, 3.63) is 0 Å². The summed E-state index contributed by atoms with van der Waals surface area (Å²) < 4.78 is 5.05. The van der Waals surface area contributed by atoms with Crippen LogP contribution in [0, 0.1) is 0 Å². The summed E-state index contributed by atoms with van der Waals surface area (Å²) in [5.41, 5.74) is 0. The third kappa shape index (κ3) is 3.63. The Morgan fingerprint density at radius 1 is 1.28 bits per heavy atom. The average molecular weight is 264 g/mol. The Labute approximate surface area is 107 Å². The van der Waals surface area contributed by atoms with E-state index in [9.17, 15) is 20.4 Å². The predicted molar refractivity (Wildman–Crippen MR) is 63.7 cm³/mol. The van der Waals surface area contributed by atoms with E-state index >= 15 is 0 Å². The number of hydrogen-bond donors (Lipinski definition) is 5. The van der Waals surface area contributed by atoms with Crippen LogP contribution in [0.3, 0.4) is 0 Å². The zero-order valence-electron chi connectivity index (χ0n) is 10.7. The topological polar surface area (TPSA) is 110 Å². The van der Waals surface area contributed by atoms with Gasteiger partial charge >= 0.3 is 0 Å². The lowest BCUT2D eigenvalue weighted by Crippen LogP contribution is -2.45. The number of hydrogen-bond acceptors (Lipinski definition) is 6. The van der Waals surface area contributed by atoms with E-state index in [0.717, 1.165) is 19.3 Å². The van der Waals surface area contributed by atoms with E-state index in [0.29, 0.717) is 6.42 Å². The highest BCUT2D eigenvalue weighted by atomic mass is 16.7. The summed E-state index contributed by atoms with van der Waals surface area (Å²) >= 11 is 0. The molecule has 0 spiro atoms. The van der Waals surface area contributed by atoms with Gasteiger partial charge in [-0.3, -0.25) is 0 Å². The van der Waals surface area contributed by atoms with Gasteiger partial charge in [-0.2, -0.15) is 0 Å². The SMILES string of the molecule is CCCCCC(O)C[C@]1(O)O[C@H](CO)[C@H](O)[C@H]1O. The fraction of sp³-hybridized carbons (Fsp3) is 1.00. The largest absolute Gasteiger partial charge is 0.394 e. The van der Waals surface area contributed by atoms with Gasteiger partial charge in [0, 0.05) is 6.42 Å². The molecular weight excluding hydrogens is 240 g/mol. The highest BCUT2D eigenvalue weighted by Crippen LogP contribution is 2.33. The highest BCUT2D eigenvalue weighted by molar-refractivity contribution is 4.96. The monoisotopic (exact) mass is 264 g/mol. The molecule has 1 unspecified atom stereocenters. The summed E-state index contributed by atoms with van der Waals surface area (Å²) in [5, 5.41) is 48.0. The summed E-state index contributed by atoms with van der Waals surface area (Å²) in [6, 6.07) is 0. The third-order valence-corrected chi connectivity index (χ3v) is 3.37. The second kappa shape index (κ2) is 6.79. The molecule has 5 atom stereocenters. The van der Waals surface area contributed by atoms with Crippen LogP contribution in [0.4, 0.5) is 0 Å². The Hall–Kier alpha value is -0.240. The molecule has 1 fully saturated rings. The Balaban J connectivity index is 2.49. The predicted octanol–water partition coefficient (Wildman–Crippen LogP) is -0.881.